The summed E-state index contributed by atoms with van der Waals surface area (Å²) >= 11 is 0. The van der Waals surface area contributed by atoms with Crippen molar-refractivity contribution in [1.82, 2.24) is 9.80 Å². The Bertz CT molecular complexity index is 1070. The van der Waals surface area contributed by atoms with Gasteiger partial charge in [0.1, 0.15) is 0 Å². The van der Waals surface area contributed by atoms with Gasteiger partial charge in [0.2, 0.25) is 0 Å². The molecule has 0 aromatic heterocycles. The van der Waals surface area contributed by atoms with Gasteiger partial charge in [-0.15, -0.1) is 0 Å². The second-order valence-corrected chi connectivity index (χ2v) is 7.46. The number of hydrogen-bond acceptors (Lipinski definition) is 4. The first-order valence-electron chi connectivity index (χ1n) is 9.76. The lowest BCUT2D eigenvalue weighted by Gasteiger charge is -2.35. The zero-order chi connectivity index (χ0) is 20.4. The number of fused-ring (bicyclic) bond motifs is 1. The molecule has 0 N–H and O–H groups in total. The van der Waals surface area contributed by atoms with Gasteiger partial charge in [0, 0.05) is 49.9 Å². The number of amides is 1. The van der Waals surface area contributed by atoms with Gasteiger partial charge in [-0.2, -0.15) is 0 Å². The van der Waals surface area contributed by atoms with Crippen LogP contribution in [0.4, 0.5) is 5.69 Å². The van der Waals surface area contributed by atoms with Crippen molar-refractivity contribution in [3.63, 3.8) is 0 Å². The van der Waals surface area contributed by atoms with E-state index in [1.807, 2.05) is 6.07 Å². The lowest BCUT2D eigenvalue weighted by molar-refractivity contribution is -0.385. The normalized spacial score (nSPS) is 14.9. The van der Waals surface area contributed by atoms with Gasteiger partial charge in [-0.25, -0.2) is 0 Å². The van der Waals surface area contributed by atoms with Crippen LogP contribution in [0, 0.1) is 17.0 Å². The van der Waals surface area contributed by atoms with E-state index in [4.69, 9.17) is 0 Å². The first-order valence-corrected chi connectivity index (χ1v) is 9.76. The van der Waals surface area contributed by atoms with E-state index >= 15 is 0 Å². The average Bonchev–Trinajstić information content (AvgIpc) is 2.74. The van der Waals surface area contributed by atoms with Crippen LogP contribution in [0.25, 0.3) is 10.8 Å². The molecule has 1 aliphatic rings. The third kappa shape index (κ3) is 3.98. The molecule has 0 radical (unpaired) electrons. The minimum Gasteiger partial charge on any atom is -0.336 e. The summed E-state index contributed by atoms with van der Waals surface area (Å²) in [7, 11) is 0. The lowest BCUT2D eigenvalue weighted by atomic mass is 10.0. The number of nitro groups is 1. The van der Waals surface area contributed by atoms with Crippen molar-refractivity contribution < 1.29 is 9.72 Å². The largest absolute Gasteiger partial charge is 0.336 e. The SMILES string of the molecule is Cc1ccc(C(=O)N2CCN(Cc3cccc4ccccc34)CC2)cc1[N+](=O)[O-]. The minimum absolute atomic E-state index is 0.00885. The molecule has 0 spiro atoms. The average molecular weight is 389 g/mol. The van der Waals surface area contributed by atoms with Gasteiger partial charge < -0.3 is 4.90 Å². The molecule has 3 aromatic rings. The highest BCUT2D eigenvalue weighted by Gasteiger charge is 2.24. The Hall–Kier alpha value is -3.25. The quantitative estimate of drug-likeness (QED) is 0.499. The molecule has 0 atom stereocenters. The Kier molecular flexibility index (Phi) is 5.27. The van der Waals surface area contributed by atoms with E-state index < -0.39 is 4.92 Å². The summed E-state index contributed by atoms with van der Waals surface area (Å²) in [5.41, 5.74) is 2.22. The number of rotatable bonds is 4. The smallest absolute Gasteiger partial charge is 0.273 e. The van der Waals surface area contributed by atoms with E-state index in [0.29, 0.717) is 24.2 Å². The van der Waals surface area contributed by atoms with E-state index in [0.717, 1.165) is 19.6 Å². The maximum absolute atomic E-state index is 12.8. The van der Waals surface area contributed by atoms with Gasteiger partial charge in [0.15, 0.2) is 0 Å². The molecule has 1 heterocycles. The topological polar surface area (TPSA) is 66.7 Å². The van der Waals surface area contributed by atoms with Crippen molar-refractivity contribution in [2.75, 3.05) is 26.2 Å². The third-order valence-electron chi connectivity index (χ3n) is 5.59. The van der Waals surface area contributed by atoms with Crippen molar-refractivity contribution in [3.05, 3.63) is 87.5 Å². The zero-order valence-corrected chi connectivity index (χ0v) is 16.4. The summed E-state index contributed by atoms with van der Waals surface area (Å²) in [6.45, 7) is 5.32. The highest BCUT2D eigenvalue weighted by molar-refractivity contribution is 5.95. The molecule has 1 saturated heterocycles. The van der Waals surface area contributed by atoms with Crippen molar-refractivity contribution >= 4 is 22.4 Å². The van der Waals surface area contributed by atoms with E-state index in [1.54, 1.807) is 24.0 Å². The summed E-state index contributed by atoms with van der Waals surface area (Å²) in [5.74, 6) is -0.141. The molecule has 0 unspecified atom stereocenters. The Morgan fingerprint density at radius 3 is 2.48 bits per heavy atom. The molecule has 29 heavy (non-hydrogen) atoms. The monoisotopic (exact) mass is 389 g/mol. The predicted octanol–water partition coefficient (Wildman–Crippen LogP) is 4.01. The van der Waals surface area contributed by atoms with Crippen LogP contribution in [0.5, 0.6) is 0 Å². The molecular formula is C23H23N3O3. The van der Waals surface area contributed by atoms with Crippen molar-refractivity contribution in [2.24, 2.45) is 0 Å². The Balaban J connectivity index is 1.42. The first kappa shape index (κ1) is 19.1. The molecule has 3 aromatic carbocycles. The second kappa shape index (κ2) is 8.01. The number of benzene rings is 3. The van der Waals surface area contributed by atoms with Crippen LogP contribution in [-0.2, 0) is 6.54 Å². The Morgan fingerprint density at radius 1 is 1.00 bits per heavy atom. The molecule has 0 bridgehead atoms. The summed E-state index contributed by atoms with van der Waals surface area (Å²) in [6, 6.07) is 19.4. The molecule has 148 valence electrons. The predicted molar refractivity (Wildman–Crippen MR) is 113 cm³/mol. The molecule has 0 saturated carbocycles. The van der Waals surface area contributed by atoms with Gasteiger partial charge in [0.05, 0.1) is 4.92 Å². The summed E-state index contributed by atoms with van der Waals surface area (Å²) < 4.78 is 0. The summed E-state index contributed by atoms with van der Waals surface area (Å²) in [6.07, 6.45) is 0. The number of nitro benzene ring substituents is 1. The summed E-state index contributed by atoms with van der Waals surface area (Å²) in [5, 5.41) is 13.7. The Labute approximate surface area is 169 Å². The fourth-order valence-corrected chi connectivity index (χ4v) is 3.90. The molecule has 1 aliphatic heterocycles. The van der Waals surface area contributed by atoms with Crippen LogP contribution < -0.4 is 0 Å². The second-order valence-electron chi connectivity index (χ2n) is 7.46. The number of carbonyl (C=O) groups is 1. The van der Waals surface area contributed by atoms with Gasteiger partial charge in [0.25, 0.3) is 11.6 Å². The zero-order valence-electron chi connectivity index (χ0n) is 16.4. The molecule has 0 aliphatic carbocycles. The van der Waals surface area contributed by atoms with E-state index in [9.17, 15) is 14.9 Å². The van der Waals surface area contributed by atoms with Crippen LogP contribution in [0.15, 0.2) is 60.7 Å². The van der Waals surface area contributed by atoms with Crippen molar-refractivity contribution in [3.8, 4) is 0 Å². The Morgan fingerprint density at radius 2 is 1.72 bits per heavy atom. The number of nitrogens with zero attached hydrogens (tertiary/aromatic N) is 3. The summed E-state index contributed by atoms with van der Waals surface area (Å²) in [4.78, 5) is 27.7. The van der Waals surface area contributed by atoms with Crippen molar-refractivity contribution in [2.45, 2.75) is 13.5 Å². The van der Waals surface area contributed by atoms with Crippen LogP contribution >= 0.6 is 0 Å². The highest BCUT2D eigenvalue weighted by atomic mass is 16.6. The van der Waals surface area contributed by atoms with Crippen LogP contribution in [0.1, 0.15) is 21.5 Å². The number of aryl methyl sites for hydroxylation is 1. The van der Waals surface area contributed by atoms with Gasteiger partial charge >= 0.3 is 0 Å². The molecule has 4 rings (SSSR count). The highest BCUT2D eigenvalue weighted by Crippen LogP contribution is 2.22. The van der Waals surface area contributed by atoms with Crippen molar-refractivity contribution in [1.29, 1.82) is 0 Å². The molecule has 6 heteroatoms. The molecule has 1 fully saturated rings. The molecule has 6 nitrogen and oxygen atoms in total. The first-order chi connectivity index (χ1) is 14.0. The molecular weight excluding hydrogens is 366 g/mol. The van der Waals surface area contributed by atoms with E-state index in [-0.39, 0.29) is 11.6 Å². The molecule has 1 amide bonds. The number of hydrogen-bond donors (Lipinski definition) is 0. The van der Waals surface area contributed by atoms with Crippen LogP contribution in [0.2, 0.25) is 0 Å². The fraction of sp³-hybridized carbons (Fsp3) is 0.261. The lowest BCUT2D eigenvalue weighted by Crippen LogP contribution is -2.48. The van der Waals surface area contributed by atoms with Crippen LogP contribution in [0.3, 0.4) is 0 Å². The third-order valence-corrected chi connectivity index (χ3v) is 5.59. The number of carbonyl (C=O) groups excluding carboxylic acids is 1. The maximum atomic E-state index is 12.8. The standard InChI is InChI=1S/C23H23N3O3/c1-17-9-10-19(15-22(17)26(28)29)23(27)25-13-11-24(12-14-25)16-20-7-4-6-18-5-2-3-8-21(18)20/h2-10,15H,11-14,16H2,1H3. The van der Waals surface area contributed by atoms with E-state index in [2.05, 4.69) is 41.3 Å². The fourth-order valence-electron chi connectivity index (χ4n) is 3.90. The maximum Gasteiger partial charge on any atom is 0.273 e. The van der Waals surface area contributed by atoms with Gasteiger partial charge in [-0.1, -0.05) is 48.5 Å². The van der Waals surface area contributed by atoms with Gasteiger partial charge in [-0.05, 0) is 29.3 Å². The number of piperazine rings is 1. The van der Waals surface area contributed by atoms with Crippen LogP contribution in [-0.4, -0.2) is 46.8 Å². The van der Waals surface area contributed by atoms with Gasteiger partial charge in [-0.3, -0.25) is 19.8 Å². The van der Waals surface area contributed by atoms with E-state index in [1.165, 1.54) is 22.4 Å². The minimum atomic E-state index is -0.436.